The molecule has 2 atom stereocenters. The van der Waals surface area contributed by atoms with Crippen molar-refractivity contribution in [2.75, 3.05) is 39.8 Å². The van der Waals surface area contributed by atoms with Gasteiger partial charge >= 0.3 is 5.97 Å². The average Bonchev–Trinajstić information content (AvgIpc) is 2.32. The molecule has 6 heteroatoms. The minimum atomic E-state index is -0.517. The summed E-state index contributed by atoms with van der Waals surface area (Å²) in [7, 11) is 2.97. The summed E-state index contributed by atoms with van der Waals surface area (Å²) in [6.07, 6.45) is -0.157. The molecule has 0 saturated heterocycles. The Hall–Kier alpha value is -0.300. The van der Waals surface area contributed by atoms with E-state index in [0.29, 0.717) is 32.0 Å². The lowest BCUT2D eigenvalue weighted by molar-refractivity contribution is -0.140. The van der Waals surface area contributed by atoms with Crippen molar-refractivity contribution in [1.82, 2.24) is 0 Å². The lowest BCUT2D eigenvalue weighted by Crippen LogP contribution is -2.21. The van der Waals surface area contributed by atoms with Crippen LogP contribution in [0.4, 0.5) is 0 Å². The number of rotatable bonds is 10. The molecule has 0 fully saturated rings. The van der Waals surface area contributed by atoms with E-state index in [4.69, 9.17) is 9.47 Å². The summed E-state index contributed by atoms with van der Waals surface area (Å²) in [6, 6.07) is 0. The van der Waals surface area contributed by atoms with Crippen molar-refractivity contribution in [1.29, 1.82) is 0 Å². The Morgan fingerprint density at radius 1 is 1.35 bits per heavy atom. The monoisotopic (exact) mass is 266 g/mol. The highest BCUT2D eigenvalue weighted by Crippen LogP contribution is 2.15. The number of ether oxygens (including phenoxy) is 3. The molecule has 0 aliphatic heterocycles. The van der Waals surface area contributed by atoms with Gasteiger partial charge in [-0.05, 0) is 0 Å². The van der Waals surface area contributed by atoms with Crippen LogP contribution in [0.5, 0.6) is 0 Å². The minimum absolute atomic E-state index is 0.135. The van der Waals surface area contributed by atoms with Gasteiger partial charge in [0.05, 0.1) is 39.5 Å². The van der Waals surface area contributed by atoms with E-state index in [1.54, 1.807) is 7.11 Å². The molecule has 0 spiro atoms. The number of aliphatic hydroxyl groups is 1. The molecular formula is C11H22O5S. The molecule has 0 rings (SSSR count). The van der Waals surface area contributed by atoms with E-state index in [9.17, 15) is 9.90 Å². The van der Waals surface area contributed by atoms with Gasteiger partial charge in [0, 0.05) is 18.1 Å². The maximum absolute atomic E-state index is 11.0. The van der Waals surface area contributed by atoms with Crippen LogP contribution in [0, 0.1) is 0 Å². The van der Waals surface area contributed by atoms with Crippen LogP contribution < -0.4 is 0 Å². The highest BCUT2D eigenvalue weighted by atomic mass is 32.2. The largest absolute Gasteiger partial charge is 0.469 e. The summed E-state index contributed by atoms with van der Waals surface area (Å²) in [5.41, 5.74) is 0. The van der Waals surface area contributed by atoms with Gasteiger partial charge in [-0.15, -0.1) is 0 Å². The number of hydrogen-bond donors (Lipinski definition) is 1. The van der Waals surface area contributed by atoms with E-state index in [-0.39, 0.29) is 11.2 Å². The van der Waals surface area contributed by atoms with Gasteiger partial charge in [0.1, 0.15) is 0 Å². The number of hydrogen-bond acceptors (Lipinski definition) is 6. The predicted molar refractivity (Wildman–Crippen MR) is 67.3 cm³/mol. The van der Waals surface area contributed by atoms with Crippen LogP contribution in [-0.2, 0) is 19.0 Å². The van der Waals surface area contributed by atoms with Gasteiger partial charge in [-0.3, -0.25) is 4.79 Å². The fourth-order valence-electron chi connectivity index (χ4n) is 1.06. The third-order valence-electron chi connectivity index (χ3n) is 2.00. The summed E-state index contributed by atoms with van der Waals surface area (Å²) in [4.78, 5) is 11.0. The summed E-state index contributed by atoms with van der Waals surface area (Å²) in [5.74, 6) is 0.321. The second-order valence-corrected chi connectivity index (χ2v) is 5.12. The van der Waals surface area contributed by atoms with Gasteiger partial charge in [0.15, 0.2) is 0 Å². The van der Waals surface area contributed by atoms with Gasteiger partial charge in [-0.25, -0.2) is 0 Å². The summed E-state index contributed by atoms with van der Waals surface area (Å²) in [6.45, 7) is 3.23. The van der Waals surface area contributed by atoms with E-state index in [1.807, 2.05) is 6.92 Å². The molecule has 17 heavy (non-hydrogen) atoms. The fraction of sp³-hybridized carbons (Fsp3) is 0.909. The minimum Gasteiger partial charge on any atom is -0.469 e. The van der Waals surface area contributed by atoms with Crippen molar-refractivity contribution >= 4 is 17.7 Å². The van der Waals surface area contributed by atoms with Crippen molar-refractivity contribution in [2.45, 2.75) is 24.7 Å². The molecule has 0 aromatic carbocycles. The number of thioether (sulfide) groups is 1. The number of carbonyl (C=O) groups excluding carboxylic acids is 1. The SMILES string of the molecule is COCCOCC(O)CSC(C)CC(=O)OC. The first kappa shape index (κ1) is 16.7. The molecular weight excluding hydrogens is 244 g/mol. The Morgan fingerprint density at radius 2 is 2.06 bits per heavy atom. The zero-order valence-corrected chi connectivity index (χ0v) is 11.5. The van der Waals surface area contributed by atoms with Gasteiger partial charge in [0.25, 0.3) is 0 Å². The van der Waals surface area contributed by atoms with Crippen LogP contribution in [0.25, 0.3) is 0 Å². The Labute approximate surface area is 107 Å². The molecule has 0 heterocycles. The van der Waals surface area contributed by atoms with Crippen molar-refractivity contribution in [3.8, 4) is 0 Å². The van der Waals surface area contributed by atoms with Gasteiger partial charge in [0.2, 0.25) is 0 Å². The molecule has 2 unspecified atom stereocenters. The normalized spacial score (nSPS) is 14.4. The molecule has 5 nitrogen and oxygen atoms in total. The number of esters is 1. The molecule has 0 saturated carbocycles. The van der Waals surface area contributed by atoms with Crippen LogP contribution in [0.1, 0.15) is 13.3 Å². The zero-order chi connectivity index (χ0) is 13.1. The molecule has 102 valence electrons. The summed E-state index contributed by atoms with van der Waals surface area (Å²) in [5, 5.41) is 9.72. The summed E-state index contributed by atoms with van der Waals surface area (Å²) >= 11 is 1.53. The van der Waals surface area contributed by atoms with E-state index < -0.39 is 6.10 Å². The average molecular weight is 266 g/mol. The van der Waals surface area contributed by atoms with Crippen LogP contribution in [0.3, 0.4) is 0 Å². The zero-order valence-electron chi connectivity index (χ0n) is 10.7. The lowest BCUT2D eigenvalue weighted by Gasteiger charge is -2.14. The van der Waals surface area contributed by atoms with E-state index in [2.05, 4.69) is 4.74 Å². The Morgan fingerprint density at radius 3 is 2.65 bits per heavy atom. The standard InChI is InChI=1S/C11H22O5S/c1-9(6-11(13)15-3)17-8-10(12)7-16-5-4-14-2/h9-10,12H,4-8H2,1-3H3. The molecule has 0 bridgehead atoms. The van der Waals surface area contributed by atoms with E-state index in [0.717, 1.165) is 0 Å². The van der Waals surface area contributed by atoms with E-state index in [1.165, 1.54) is 18.9 Å². The third-order valence-corrected chi connectivity index (χ3v) is 3.31. The maximum atomic E-state index is 11.0. The first-order valence-corrected chi connectivity index (χ1v) is 6.58. The smallest absolute Gasteiger partial charge is 0.306 e. The van der Waals surface area contributed by atoms with Crippen LogP contribution in [0.15, 0.2) is 0 Å². The molecule has 0 amide bonds. The molecule has 0 aromatic heterocycles. The van der Waals surface area contributed by atoms with Crippen molar-refractivity contribution < 1.29 is 24.1 Å². The molecule has 0 aromatic rings. The highest BCUT2D eigenvalue weighted by molar-refractivity contribution is 7.99. The number of methoxy groups -OCH3 is 2. The molecule has 0 radical (unpaired) electrons. The maximum Gasteiger partial charge on any atom is 0.306 e. The van der Waals surface area contributed by atoms with Crippen molar-refractivity contribution in [2.24, 2.45) is 0 Å². The van der Waals surface area contributed by atoms with Gasteiger partial charge < -0.3 is 19.3 Å². The lowest BCUT2D eigenvalue weighted by atomic mass is 10.3. The Kier molecular flexibility index (Phi) is 10.6. The van der Waals surface area contributed by atoms with Crippen molar-refractivity contribution in [3.63, 3.8) is 0 Å². The number of carbonyl (C=O) groups is 1. The van der Waals surface area contributed by atoms with Crippen molar-refractivity contribution in [3.05, 3.63) is 0 Å². The number of aliphatic hydroxyl groups excluding tert-OH is 1. The topological polar surface area (TPSA) is 65.0 Å². The quantitative estimate of drug-likeness (QED) is 0.464. The Bertz CT molecular complexity index is 200. The first-order chi connectivity index (χ1) is 8.10. The summed E-state index contributed by atoms with van der Waals surface area (Å²) < 4.78 is 14.6. The van der Waals surface area contributed by atoms with Gasteiger partial charge in [-0.1, -0.05) is 6.92 Å². The van der Waals surface area contributed by atoms with Crippen LogP contribution in [-0.4, -0.2) is 62.2 Å². The third kappa shape index (κ3) is 10.6. The highest BCUT2D eigenvalue weighted by Gasteiger charge is 2.12. The fourth-order valence-corrected chi connectivity index (χ4v) is 1.96. The predicted octanol–water partition coefficient (Wildman–Crippen LogP) is 0.695. The first-order valence-electron chi connectivity index (χ1n) is 5.53. The second-order valence-electron chi connectivity index (χ2n) is 3.65. The second kappa shape index (κ2) is 10.8. The molecule has 0 aliphatic carbocycles. The van der Waals surface area contributed by atoms with Gasteiger partial charge in [-0.2, -0.15) is 11.8 Å². The molecule has 1 N–H and O–H groups in total. The molecule has 0 aliphatic rings. The van der Waals surface area contributed by atoms with Crippen LogP contribution in [0.2, 0.25) is 0 Å². The van der Waals surface area contributed by atoms with E-state index >= 15 is 0 Å². The van der Waals surface area contributed by atoms with Crippen LogP contribution >= 0.6 is 11.8 Å². The Balaban J connectivity index is 3.48.